The maximum atomic E-state index is 10.1. The summed E-state index contributed by atoms with van der Waals surface area (Å²) >= 11 is 12.1. The van der Waals surface area contributed by atoms with Crippen LogP contribution in [0, 0.1) is 0 Å². The average molecular weight is 422 g/mol. The largest absolute Gasteiger partial charge is 0.504 e. The highest BCUT2D eigenvalue weighted by atomic mass is 35.5. The summed E-state index contributed by atoms with van der Waals surface area (Å²) in [5.41, 5.74) is 3.75. The van der Waals surface area contributed by atoms with Gasteiger partial charge in [0.25, 0.3) is 0 Å². The Bertz CT molecular complexity index is 1060. The summed E-state index contributed by atoms with van der Waals surface area (Å²) in [5, 5.41) is 15.4. The molecule has 0 atom stereocenters. The number of ether oxygens (including phenoxy) is 3. The lowest BCUT2D eigenvalue weighted by molar-refractivity contribution is 0.324. The van der Waals surface area contributed by atoms with E-state index in [1.54, 1.807) is 37.6 Å². The highest BCUT2D eigenvalue weighted by molar-refractivity contribution is 6.39. The van der Waals surface area contributed by atoms with Crippen molar-refractivity contribution in [3.63, 3.8) is 0 Å². The van der Waals surface area contributed by atoms with Crippen molar-refractivity contribution < 1.29 is 19.3 Å². The molecule has 0 fully saturated rings. The van der Waals surface area contributed by atoms with E-state index in [9.17, 15) is 5.11 Å². The van der Waals surface area contributed by atoms with Crippen LogP contribution in [-0.4, -0.2) is 37.6 Å². The molecule has 3 aromatic rings. The minimum atomic E-state index is -0.143. The van der Waals surface area contributed by atoms with Crippen molar-refractivity contribution in [3.05, 3.63) is 45.9 Å². The number of anilines is 1. The average Bonchev–Trinajstić information content (AvgIpc) is 2.71. The van der Waals surface area contributed by atoms with Gasteiger partial charge in [0.15, 0.2) is 17.2 Å². The van der Waals surface area contributed by atoms with Crippen LogP contribution in [0.1, 0.15) is 5.56 Å². The third-order valence-corrected chi connectivity index (χ3v) is 4.57. The lowest BCUT2D eigenvalue weighted by atomic mass is 10.2. The molecule has 28 heavy (non-hydrogen) atoms. The van der Waals surface area contributed by atoms with Crippen LogP contribution in [0.15, 0.2) is 35.4 Å². The number of benzene rings is 2. The first-order valence-corrected chi connectivity index (χ1v) is 8.81. The molecule has 146 valence electrons. The van der Waals surface area contributed by atoms with E-state index < -0.39 is 0 Å². The molecule has 1 aromatic heterocycles. The first-order valence-electron chi connectivity index (χ1n) is 8.06. The standard InChI is InChI=1S/C19H17Cl2N3O4/c1-26-14-6-4-10(18(27-2)19(14)28-3)9-22-24-15-7-5-11-12(20)8-13(21)17(25)16(11)23-15/h4-9,25H,1-3H3,(H,23,24). The van der Waals surface area contributed by atoms with Gasteiger partial charge in [0.2, 0.25) is 5.75 Å². The van der Waals surface area contributed by atoms with Crippen LogP contribution in [0.3, 0.4) is 0 Å². The number of halogens is 2. The van der Waals surface area contributed by atoms with Crippen LogP contribution >= 0.6 is 23.2 Å². The number of aromatic nitrogens is 1. The second kappa shape index (κ2) is 8.41. The molecule has 0 spiro atoms. The highest BCUT2D eigenvalue weighted by Crippen LogP contribution is 2.39. The number of nitrogens with one attached hydrogen (secondary N) is 1. The predicted molar refractivity (Wildman–Crippen MR) is 111 cm³/mol. The summed E-state index contributed by atoms with van der Waals surface area (Å²) < 4.78 is 16.0. The third kappa shape index (κ3) is 3.72. The monoisotopic (exact) mass is 421 g/mol. The highest BCUT2D eigenvalue weighted by Gasteiger charge is 2.15. The lowest BCUT2D eigenvalue weighted by Gasteiger charge is -2.13. The van der Waals surface area contributed by atoms with Gasteiger partial charge in [-0.1, -0.05) is 23.2 Å². The van der Waals surface area contributed by atoms with Crippen LogP contribution in [0.5, 0.6) is 23.0 Å². The van der Waals surface area contributed by atoms with E-state index in [1.807, 2.05) is 0 Å². The number of hydrazone groups is 1. The molecule has 0 aliphatic heterocycles. The van der Waals surface area contributed by atoms with Gasteiger partial charge in [0.1, 0.15) is 11.3 Å². The number of rotatable bonds is 6. The molecule has 0 saturated carbocycles. The molecule has 3 rings (SSSR count). The smallest absolute Gasteiger partial charge is 0.203 e. The summed E-state index contributed by atoms with van der Waals surface area (Å²) in [6.45, 7) is 0. The van der Waals surface area contributed by atoms with Crippen LogP contribution in [0.25, 0.3) is 10.9 Å². The molecule has 0 bridgehead atoms. The second-order valence-electron chi connectivity index (χ2n) is 5.58. The Morgan fingerprint density at radius 2 is 1.75 bits per heavy atom. The fraction of sp³-hybridized carbons (Fsp3) is 0.158. The number of nitrogens with zero attached hydrogens (tertiary/aromatic N) is 2. The van der Waals surface area contributed by atoms with Gasteiger partial charge in [-0.3, -0.25) is 5.43 Å². The van der Waals surface area contributed by atoms with Crippen molar-refractivity contribution in [2.24, 2.45) is 5.10 Å². The number of aromatic hydroxyl groups is 1. The maximum absolute atomic E-state index is 10.1. The first-order chi connectivity index (χ1) is 13.5. The van der Waals surface area contributed by atoms with Crippen LogP contribution in [0.2, 0.25) is 10.0 Å². The lowest BCUT2D eigenvalue weighted by Crippen LogP contribution is -2.00. The van der Waals surface area contributed by atoms with E-state index >= 15 is 0 Å². The number of phenols is 1. The SMILES string of the molecule is COc1ccc(C=NNc2ccc3c(Cl)cc(Cl)c(O)c3n2)c(OC)c1OC. The first kappa shape index (κ1) is 19.9. The van der Waals surface area contributed by atoms with E-state index in [2.05, 4.69) is 15.5 Å². The van der Waals surface area contributed by atoms with Crippen molar-refractivity contribution in [1.82, 2.24) is 4.98 Å². The van der Waals surface area contributed by atoms with Crippen LogP contribution in [0.4, 0.5) is 5.82 Å². The van der Waals surface area contributed by atoms with Crippen molar-refractivity contribution in [1.29, 1.82) is 0 Å². The molecule has 0 amide bonds. The fourth-order valence-corrected chi connectivity index (χ4v) is 3.18. The molecule has 7 nitrogen and oxygen atoms in total. The van der Waals surface area contributed by atoms with E-state index in [4.69, 9.17) is 37.4 Å². The molecular weight excluding hydrogens is 405 g/mol. The number of hydrogen-bond acceptors (Lipinski definition) is 7. The zero-order valence-corrected chi connectivity index (χ0v) is 16.8. The molecular formula is C19H17Cl2N3O4. The normalized spacial score (nSPS) is 11.0. The molecule has 0 aliphatic rings. The Kier molecular flexibility index (Phi) is 5.96. The summed E-state index contributed by atoms with van der Waals surface area (Å²) in [6.07, 6.45) is 1.55. The molecule has 0 aliphatic carbocycles. The third-order valence-electron chi connectivity index (χ3n) is 3.97. The Labute approximate surface area is 171 Å². The summed E-state index contributed by atoms with van der Waals surface area (Å²) in [5.74, 6) is 1.75. The quantitative estimate of drug-likeness (QED) is 0.442. The number of pyridine rings is 1. The number of hydrogen-bond donors (Lipinski definition) is 2. The van der Waals surface area contributed by atoms with E-state index in [0.717, 1.165) is 0 Å². The van der Waals surface area contributed by atoms with Gasteiger partial charge in [-0.25, -0.2) is 4.98 Å². The topological polar surface area (TPSA) is 85.2 Å². The summed E-state index contributed by atoms with van der Waals surface area (Å²) in [6, 6.07) is 8.40. The van der Waals surface area contributed by atoms with Gasteiger partial charge >= 0.3 is 0 Å². The number of phenolic OH excluding ortho intramolecular Hbond substituents is 1. The van der Waals surface area contributed by atoms with Gasteiger partial charge in [-0.05, 0) is 30.3 Å². The van der Waals surface area contributed by atoms with Crippen molar-refractivity contribution in [2.45, 2.75) is 0 Å². The number of fused-ring (bicyclic) bond motifs is 1. The zero-order valence-electron chi connectivity index (χ0n) is 15.3. The van der Waals surface area contributed by atoms with Gasteiger partial charge < -0.3 is 19.3 Å². The molecule has 0 saturated heterocycles. The maximum Gasteiger partial charge on any atom is 0.203 e. The minimum absolute atomic E-state index is 0.126. The van der Waals surface area contributed by atoms with Gasteiger partial charge in [0.05, 0.1) is 37.6 Å². The molecule has 1 heterocycles. The van der Waals surface area contributed by atoms with E-state index in [-0.39, 0.29) is 16.3 Å². The summed E-state index contributed by atoms with van der Waals surface area (Å²) in [7, 11) is 4.61. The molecule has 2 N–H and O–H groups in total. The number of methoxy groups -OCH3 is 3. The van der Waals surface area contributed by atoms with Crippen molar-refractivity contribution in [3.8, 4) is 23.0 Å². The van der Waals surface area contributed by atoms with E-state index in [1.165, 1.54) is 20.3 Å². The molecule has 0 unspecified atom stereocenters. The molecule has 0 radical (unpaired) electrons. The Balaban J connectivity index is 1.90. The molecule has 2 aromatic carbocycles. The minimum Gasteiger partial charge on any atom is -0.504 e. The Hall–Kier alpha value is -2.90. The van der Waals surface area contributed by atoms with Gasteiger partial charge in [0, 0.05) is 10.9 Å². The van der Waals surface area contributed by atoms with Crippen molar-refractivity contribution >= 4 is 46.1 Å². The van der Waals surface area contributed by atoms with E-state index in [0.29, 0.717) is 39.0 Å². The van der Waals surface area contributed by atoms with Crippen LogP contribution in [-0.2, 0) is 0 Å². The molecule has 9 heteroatoms. The Morgan fingerprint density at radius 3 is 2.43 bits per heavy atom. The second-order valence-corrected chi connectivity index (χ2v) is 6.39. The predicted octanol–water partition coefficient (Wildman–Crippen LogP) is 4.72. The van der Waals surface area contributed by atoms with Crippen molar-refractivity contribution in [2.75, 3.05) is 26.8 Å². The zero-order chi connectivity index (χ0) is 20.3. The van der Waals surface area contributed by atoms with Crippen LogP contribution < -0.4 is 19.6 Å². The van der Waals surface area contributed by atoms with Gasteiger partial charge in [-0.15, -0.1) is 0 Å². The summed E-state index contributed by atoms with van der Waals surface area (Å²) in [4.78, 5) is 4.31. The Morgan fingerprint density at radius 1 is 1.00 bits per heavy atom. The fourth-order valence-electron chi connectivity index (χ4n) is 2.66. The van der Waals surface area contributed by atoms with Gasteiger partial charge in [-0.2, -0.15) is 5.10 Å².